The molecule has 4 nitrogen and oxygen atoms in total. The molecule has 0 saturated carbocycles. The monoisotopic (exact) mass is 273 g/mol. The van der Waals surface area contributed by atoms with Gasteiger partial charge >= 0.3 is 0 Å². The molecule has 0 aliphatic rings. The summed E-state index contributed by atoms with van der Waals surface area (Å²) in [6, 6.07) is 7.92. The second-order valence-electron chi connectivity index (χ2n) is 5.16. The van der Waals surface area contributed by atoms with Crippen LogP contribution in [0.3, 0.4) is 0 Å². The maximum atomic E-state index is 12.4. The van der Waals surface area contributed by atoms with E-state index in [4.69, 9.17) is 0 Å². The highest BCUT2D eigenvalue weighted by atomic mass is 16.1. The predicted molar refractivity (Wildman–Crippen MR) is 83.0 cm³/mol. The Morgan fingerprint density at radius 3 is 2.80 bits per heavy atom. The maximum absolute atomic E-state index is 12.4. The van der Waals surface area contributed by atoms with Crippen molar-refractivity contribution in [3.8, 4) is 0 Å². The summed E-state index contributed by atoms with van der Waals surface area (Å²) in [6.07, 6.45) is 5.03. The molecule has 1 N–H and O–H groups in total. The summed E-state index contributed by atoms with van der Waals surface area (Å²) >= 11 is 0. The van der Waals surface area contributed by atoms with E-state index in [0.717, 1.165) is 36.6 Å². The molecular weight excluding hydrogens is 250 g/mol. The molecule has 1 unspecified atom stereocenters. The average Bonchev–Trinajstić information content (AvgIpc) is 2.48. The third-order valence-corrected chi connectivity index (χ3v) is 3.48. The third-order valence-electron chi connectivity index (χ3n) is 3.48. The van der Waals surface area contributed by atoms with Gasteiger partial charge in [0.25, 0.3) is 5.56 Å². The van der Waals surface area contributed by atoms with Crippen LogP contribution in [-0.4, -0.2) is 22.4 Å². The Morgan fingerprint density at radius 2 is 2.05 bits per heavy atom. The van der Waals surface area contributed by atoms with Crippen molar-refractivity contribution in [2.45, 2.75) is 45.7 Å². The van der Waals surface area contributed by atoms with Gasteiger partial charge in [-0.2, -0.15) is 5.10 Å². The van der Waals surface area contributed by atoms with Crippen LogP contribution in [0.5, 0.6) is 0 Å². The molecule has 0 amide bonds. The molecule has 0 fully saturated rings. The van der Waals surface area contributed by atoms with Gasteiger partial charge in [0.1, 0.15) is 0 Å². The summed E-state index contributed by atoms with van der Waals surface area (Å²) in [6.45, 7) is 5.93. The first-order chi connectivity index (χ1) is 9.76. The van der Waals surface area contributed by atoms with Gasteiger partial charge in [0.05, 0.1) is 18.1 Å². The SMILES string of the molecule is CCCNC(CCC)Cn1ncc2ccccc2c1=O. The van der Waals surface area contributed by atoms with E-state index in [0.29, 0.717) is 12.6 Å². The first-order valence-electron chi connectivity index (χ1n) is 7.44. The number of nitrogens with zero attached hydrogens (tertiary/aromatic N) is 2. The lowest BCUT2D eigenvalue weighted by atomic mass is 10.1. The van der Waals surface area contributed by atoms with Crippen molar-refractivity contribution in [2.24, 2.45) is 0 Å². The Balaban J connectivity index is 2.23. The van der Waals surface area contributed by atoms with E-state index in [1.807, 2.05) is 24.3 Å². The second kappa shape index (κ2) is 7.20. The van der Waals surface area contributed by atoms with Gasteiger partial charge in [0, 0.05) is 11.4 Å². The van der Waals surface area contributed by atoms with Gasteiger partial charge in [0.2, 0.25) is 0 Å². The van der Waals surface area contributed by atoms with Crippen molar-refractivity contribution < 1.29 is 0 Å². The topological polar surface area (TPSA) is 46.9 Å². The molecular formula is C16H23N3O. The number of rotatable bonds is 7. The molecule has 1 heterocycles. The molecule has 0 bridgehead atoms. The fourth-order valence-corrected chi connectivity index (χ4v) is 2.42. The predicted octanol–water partition coefficient (Wildman–Crippen LogP) is 2.56. The summed E-state index contributed by atoms with van der Waals surface area (Å²) in [4.78, 5) is 12.4. The summed E-state index contributed by atoms with van der Waals surface area (Å²) in [5.74, 6) is 0. The lowest BCUT2D eigenvalue weighted by Gasteiger charge is -2.18. The zero-order valence-corrected chi connectivity index (χ0v) is 12.3. The number of aromatic nitrogens is 2. The molecule has 1 aromatic carbocycles. The van der Waals surface area contributed by atoms with E-state index in [1.54, 1.807) is 10.9 Å². The molecule has 0 saturated heterocycles. The Morgan fingerprint density at radius 1 is 1.25 bits per heavy atom. The Hall–Kier alpha value is -1.68. The average molecular weight is 273 g/mol. The molecule has 20 heavy (non-hydrogen) atoms. The standard InChI is InChI=1S/C16H23N3O/c1-3-7-14(17-10-4-2)12-19-16(20)15-9-6-5-8-13(15)11-18-19/h5-6,8-9,11,14,17H,3-4,7,10,12H2,1-2H3. The number of fused-ring (bicyclic) bond motifs is 1. The van der Waals surface area contributed by atoms with Gasteiger partial charge in [0.15, 0.2) is 0 Å². The van der Waals surface area contributed by atoms with E-state index in [-0.39, 0.29) is 5.56 Å². The highest BCUT2D eigenvalue weighted by Crippen LogP contribution is 2.07. The van der Waals surface area contributed by atoms with E-state index < -0.39 is 0 Å². The molecule has 0 radical (unpaired) electrons. The molecule has 1 atom stereocenters. The van der Waals surface area contributed by atoms with Crippen LogP contribution in [0, 0.1) is 0 Å². The second-order valence-corrected chi connectivity index (χ2v) is 5.16. The lowest BCUT2D eigenvalue weighted by molar-refractivity contribution is 0.394. The van der Waals surface area contributed by atoms with Gasteiger partial charge < -0.3 is 5.32 Å². The van der Waals surface area contributed by atoms with Crippen LogP contribution in [0.25, 0.3) is 10.8 Å². The smallest absolute Gasteiger partial charge is 0.274 e. The number of nitrogens with one attached hydrogen (secondary N) is 1. The molecule has 1 aromatic heterocycles. The van der Waals surface area contributed by atoms with E-state index in [1.165, 1.54) is 0 Å². The van der Waals surface area contributed by atoms with Gasteiger partial charge in [-0.3, -0.25) is 4.79 Å². The summed E-state index contributed by atoms with van der Waals surface area (Å²) < 4.78 is 1.59. The van der Waals surface area contributed by atoms with Crippen molar-refractivity contribution in [3.05, 3.63) is 40.8 Å². The van der Waals surface area contributed by atoms with Crippen LogP contribution in [0.2, 0.25) is 0 Å². The van der Waals surface area contributed by atoms with Crippen molar-refractivity contribution in [2.75, 3.05) is 6.54 Å². The number of benzene rings is 1. The Bertz CT molecular complexity index is 606. The first kappa shape index (κ1) is 14.7. The summed E-state index contributed by atoms with van der Waals surface area (Å²) in [5, 5.41) is 9.44. The molecule has 0 aliphatic heterocycles. The molecule has 108 valence electrons. The van der Waals surface area contributed by atoms with Crippen LogP contribution in [-0.2, 0) is 6.54 Å². The highest BCUT2D eigenvalue weighted by Gasteiger charge is 2.10. The molecule has 0 spiro atoms. The van der Waals surface area contributed by atoms with Crippen LogP contribution in [0.15, 0.2) is 35.3 Å². The van der Waals surface area contributed by atoms with Crippen LogP contribution < -0.4 is 10.9 Å². The Labute approximate surface area is 119 Å². The fraction of sp³-hybridized carbons (Fsp3) is 0.500. The largest absolute Gasteiger partial charge is 0.312 e. The lowest BCUT2D eigenvalue weighted by Crippen LogP contribution is -2.38. The first-order valence-corrected chi connectivity index (χ1v) is 7.44. The van der Waals surface area contributed by atoms with Gasteiger partial charge in [-0.1, -0.05) is 38.5 Å². The zero-order chi connectivity index (χ0) is 14.4. The summed E-state index contributed by atoms with van der Waals surface area (Å²) in [7, 11) is 0. The molecule has 4 heteroatoms. The maximum Gasteiger partial charge on any atom is 0.274 e. The minimum absolute atomic E-state index is 0.00232. The van der Waals surface area contributed by atoms with Gasteiger partial charge in [-0.15, -0.1) is 0 Å². The van der Waals surface area contributed by atoms with E-state index in [9.17, 15) is 4.79 Å². The molecule has 0 aliphatic carbocycles. The Kier molecular flexibility index (Phi) is 5.30. The van der Waals surface area contributed by atoms with Crippen LogP contribution in [0.1, 0.15) is 33.1 Å². The minimum Gasteiger partial charge on any atom is -0.312 e. The number of hydrogen-bond donors (Lipinski definition) is 1. The van der Waals surface area contributed by atoms with E-state index >= 15 is 0 Å². The van der Waals surface area contributed by atoms with E-state index in [2.05, 4.69) is 24.3 Å². The van der Waals surface area contributed by atoms with Gasteiger partial charge in [-0.05, 0) is 25.5 Å². The molecule has 2 rings (SSSR count). The normalized spacial score (nSPS) is 12.7. The zero-order valence-electron chi connectivity index (χ0n) is 12.3. The number of hydrogen-bond acceptors (Lipinski definition) is 3. The summed E-state index contributed by atoms with van der Waals surface area (Å²) in [5.41, 5.74) is 0.00232. The third kappa shape index (κ3) is 3.45. The van der Waals surface area contributed by atoms with Crippen LogP contribution in [0.4, 0.5) is 0 Å². The van der Waals surface area contributed by atoms with Crippen molar-refractivity contribution in [1.82, 2.24) is 15.1 Å². The fourth-order valence-electron chi connectivity index (χ4n) is 2.42. The van der Waals surface area contributed by atoms with Crippen LogP contribution >= 0.6 is 0 Å². The minimum atomic E-state index is 0.00232. The van der Waals surface area contributed by atoms with Crippen molar-refractivity contribution in [3.63, 3.8) is 0 Å². The van der Waals surface area contributed by atoms with Crippen molar-refractivity contribution >= 4 is 10.8 Å². The highest BCUT2D eigenvalue weighted by molar-refractivity contribution is 5.80. The quantitative estimate of drug-likeness (QED) is 0.843. The van der Waals surface area contributed by atoms with Crippen molar-refractivity contribution in [1.29, 1.82) is 0 Å². The molecule has 2 aromatic rings. The van der Waals surface area contributed by atoms with Gasteiger partial charge in [-0.25, -0.2) is 4.68 Å².